The first-order valence-electron chi connectivity index (χ1n) is 20.9. The van der Waals surface area contributed by atoms with Gasteiger partial charge in [0.15, 0.2) is 5.60 Å². The maximum atomic E-state index is 16.6. The number of ether oxygens (including phenoxy) is 1. The molecule has 4 aromatic carbocycles. The number of nitrogens with zero attached hydrogens (tertiary/aromatic N) is 6. The summed E-state index contributed by atoms with van der Waals surface area (Å²) in [4.78, 5) is 35.6. The van der Waals surface area contributed by atoms with Gasteiger partial charge in [0.25, 0.3) is 11.8 Å². The second-order valence-corrected chi connectivity index (χ2v) is 22.0. The van der Waals surface area contributed by atoms with Crippen LogP contribution >= 0.6 is 15.9 Å². The molecular weight excluding hydrogens is 842 g/mol. The molecule has 4 aliphatic rings. The Kier molecular flexibility index (Phi) is 10.8. The number of benzene rings is 4. The van der Waals surface area contributed by atoms with Crippen LogP contribution in [-0.2, 0) is 33.0 Å². The van der Waals surface area contributed by atoms with Gasteiger partial charge < -0.3 is 29.1 Å². The molecule has 2 amide bonds. The number of piperidine rings is 1. The molecule has 5 aromatic rings. The maximum absolute atomic E-state index is 16.6. The van der Waals surface area contributed by atoms with E-state index in [9.17, 15) is 9.90 Å². The highest BCUT2D eigenvalue weighted by atomic mass is 79.9. The zero-order valence-corrected chi connectivity index (χ0v) is 36.8. The highest BCUT2D eigenvalue weighted by molar-refractivity contribution is 9.10. The van der Waals surface area contributed by atoms with E-state index in [4.69, 9.17) is 4.74 Å². The number of hydrogen-bond acceptors (Lipinski definition) is 8. The number of nitrogens with one attached hydrogen (secondary N) is 1. The fraction of sp³-hybridized carbons (Fsp3) is 0.391. The summed E-state index contributed by atoms with van der Waals surface area (Å²) in [6.45, 7) is 7.89. The van der Waals surface area contributed by atoms with Gasteiger partial charge in [0, 0.05) is 45.6 Å². The Balaban J connectivity index is 0.991. The Morgan fingerprint density at radius 1 is 0.950 bits per heavy atom. The quantitative estimate of drug-likeness (QED) is 0.104. The highest BCUT2D eigenvalue weighted by Gasteiger charge is 2.66. The molecule has 5 atom stereocenters. The summed E-state index contributed by atoms with van der Waals surface area (Å²) in [6.07, 6.45) is 3.13. The lowest BCUT2D eigenvalue weighted by Crippen LogP contribution is -2.55. The number of aryl methyl sites for hydroxylation is 1. The summed E-state index contributed by atoms with van der Waals surface area (Å²) in [5.74, 6) is -0.899. The number of anilines is 3. The third-order valence-corrected chi connectivity index (χ3v) is 16.3. The average molecular weight is 893 g/mol. The molecule has 3 saturated heterocycles. The molecule has 11 nitrogen and oxygen atoms in total. The molecule has 14 heteroatoms. The Morgan fingerprint density at radius 2 is 1.67 bits per heavy atom. The predicted octanol–water partition coefficient (Wildman–Crippen LogP) is 7.51. The van der Waals surface area contributed by atoms with E-state index in [1.54, 1.807) is 22.7 Å². The van der Waals surface area contributed by atoms with Gasteiger partial charge in [-0.05, 0) is 99.0 Å². The van der Waals surface area contributed by atoms with Crippen molar-refractivity contribution < 1.29 is 23.5 Å². The molecule has 2 spiro atoms. The van der Waals surface area contributed by atoms with Gasteiger partial charge in [0.2, 0.25) is 8.41 Å². The van der Waals surface area contributed by atoms with E-state index >= 15 is 8.90 Å². The molecule has 4 aliphatic heterocycles. The Hall–Kier alpha value is -4.73. The van der Waals surface area contributed by atoms with E-state index in [0.29, 0.717) is 38.2 Å². The molecule has 60 heavy (non-hydrogen) atoms. The molecule has 1 unspecified atom stereocenters. The number of aliphatic hydroxyl groups excluding tert-OH is 1. The van der Waals surface area contributed by atoms with Crippen LogP contribution in [0, 0.1) is 5.92 Å². The third-order valence-electron chi connectivity index (χ3n) is 13.4. The topological polar surface area (TPSA) is 116 Å². The number of amides is 2. The number of para-hydroxylation sites is 1. The van der Waals surface area contributed by atoms with Gasteiger partial charge in [-0.3, -0.25) is 19.2 Å². The van der Waals surface area contributed by atoms with Crippen molar-refractivity contribution in [2.75, 3.05) is 41.1 Å². The second-order valence-electron chi connectivity index (χ2n) is 17.3. The van der Waals surface area contributed by atoms with Gasteiger partial charge in [0.1, 0.15) is 5.54 Å². The number of aliphatic hydroxyl groups is 1. The normalized spacial score (nSPS) is 24.2. The van der Waals surface area contributed by atoms with Gasteiger partial charge in [-0.1, -0.05) is 88.7 Å². The minimum atomic E-state index is -3.41. The summed E-state index contributed by atoms with van der Waals surface area (Å²) in [7, 11) is -3.41. The van der Waals surface area contributed by atoms with Gasteiger partial charge in [-0.25, -0.2) is 0 Å². The standard InChI is InChI=1S/C46H51BrFN7O4Si/c1-31-42(60(2,3)48)41(19-24-52-28-39(50-51-52)37(29-56)33-12-6-4-7-13-33)59-46(31)38-26-34(47)17-18-40(38)53(44(46)58)27-32-11-10-16-36(25-32)54-30-55(35-14-8-5-9-15-35)45(43(54)57)20-22-49-23-21-45/h4-18,25-26,28,31,37,41-42,49,56H,19-24,27,29-30H2,1-3H3/t31-,37?,41+,42-,46+/m1/s1. The van der Waals surface area contributed by atoms with Gasteiger partial charge in [0.05, 0.1) is 43.2 Å². The SMILES string of the molecule is C[C@@H]1[C@@H]([Si](C)(C)F)[C@H](CCn2cc(C(CO)c3ccccc3)nn2)O[C@@]12C(=O)N(Cc1cccc(N3CN(c4ccccc4)C4(CCNCC4)C3=O)c1)c1ccc(Br)cc12. The second kappa shape index (κ2) is 15.9. The Bertz CT molecular complexity index is 2380. The van der Waals surface area contributed by atoms with E-state index < -0.39 is 37.1 Å². The maximum Gasteiger partial charge on any atom is 0.264 e. The van der Waals surface area contributed by atoms with Gasteiger partial charge in [-0.2, -0.15) is 0 Å². The molecule has 5 heterocycles. The van der Waals surface area contributed by atoms with Crippen molar-refractivity contribution >= 4 is 53.2 Å². The molecule has 9 rings (SSSR count). The largest absolute Gasteiger partial charge is 0.395 e. The van der Waals surface area contributed by atoms with Crippen LogP contribution in [0.5, 0.6) is 0 Å². The predicted molar refractivity (Wildman–Crippen MR) is 236 cm³/mol. The summed E-state index contributed by atoms with van der Waals surface area (Å²) in [6, 6.07) is 33.6. The number of carbonyl (C=O) groups is 2. The van der Waals surface area contributed by atoms with Crippen molar-refractivity contribution in [1.82, 2.24) is 20.3 Å². The van der Waals surface area contributed by atoms with Crippen molar-refractivity contribution in [1.29, 1.82) is 0 Å². The molecule has 2 N–H and O–H groups in total. The lowest BCUT2D eigenvalue weighted by molar-refractivity contribution is -0.146. The molecular formula is C46H51BrFN7O4Si. The minimum absolute atomic E-state index is 0.0891. The molecule has 0 aliphatic carbocycles. The number of halogens is 2. The van der Waals surface area contributed by atoms with E-state index in [0.717, 1.165) is 51.3 Å². The highest BCUT2D eigenvalue weighted by Crippen LogP contribution is 2.60. The van der Waals surface area contributed by atoms with Crippen LogP contribution in [0.3, 0.4) is 0 Å². The van der Waals surface area contributed by atoms with Crippen molar-refractivity contribution in [3.05, 3.63) is 136 Å². The molecule has 0 bridgehead atoms. The number of aromatic nitrogens is 3. The Morgan fingerprint density at radius 3 is 2.38 bits per heavy atom. The summed E-state index contributed by atoms with van der Waals surface area (Å²) >= 11 is 3.66. The minimum Gasteiger partial charge on any atom is -0.395 e. The van der Waals surface area contributed by atoms with Crippen molar-refractivity contribution in [2.24, 2.45) is 5.92 Å². The summed E-state index contributed by atoms with van der Waals surface area (Å²) in [5, 5.41) is 22.4. The summed E-state index contributed by atoms with van der Waals surface area (Å²) in [5.41, 5.74) is 3.22. The van der Waals surface area contributed by atoms with Crippen molar-refractivity contribution in [2.45, 2.75) is 81.1 Å². The molecule has 0 radical (unpaired) electrons. The number of hydrogen-bond donors (Lipinski definition) is 2. The first kappa shape index (κ1) is 40.7. The zero-order valence-electron chi connectivity index (χ0n) is 34.2. The van der Waals surface area contributed by atoms with Crippen molar-refractivity contribution in [3.63, 3.8) is 0 Å². The van der Waals surface area contributed by atoms with Crippen LogP contribution < -0.4 is 20.0 Å². The van der Waals surface area contributed by atoms with E-state index in [1.165, 1.54) is 0 Å². The van der Waals surface area contributed by atoms with Crippen LogP contribution in [0.25, 0.3) is 0 Å². The average Bonchev–Trinajstić information content (AvgIpc) is 3.97. The number of fused-ring (bicyclic) bond motifs is 2. The van der Waals surface area contributed by atoms with Crippen LogP contribution in [0.15, 0.2) is 114 Å². The Labute approximate surface area is 359 Å². The fourth-order valence-electron chi connectivity index (χ4n) is 10.5. The van der Waals surface area contributed by atoms with E-state index in [-0.39, 0.29) is 30.9 Å². The van der Waals surface area contributed by atoms with E-state index in [2.05, 4.69) is 48.6 Å². The van der Waals surface area contributed by atoms with E-state index in [1.807, 2.05) is 109 Å². The van der Waals surface area contributed by atoms with Crippen LogP contribution in [0.2, 0.25) is 18.6 Å². The zero-order chi connectivity index (χ0) is 41.8. The molecule has 1 aromatic heterocycles. The van der Waals surface area contributed by atoms with Crippen molar-refractivity contribution in [3.8, 4) is 0 Å². The summed E-state index contributed by atoms with van der Waals surface area (Å²) < 4.78 is 26.2. The van der Waals surface area contributed by atoms with Crippen LogP contribution in [0.4, 0.5) is 21.2 Å². The molecule has 3 fully saturated rings. The lowest BCUT2D eigenvalue weighted by Gasteiger charge is -2.39. The number of carbonyl (C=O) groups excluding carboxylic acids is 2. The van der Waals surface area contributed by atoms with Crippen LogP contribution in [-0.4, -0.2) is 78.3 Å². The van der Waals surface area contributed by atoms with Crippen LogP contribution in [0.1, 0.15) is 54.5 Å². The number of rotatable bonds is 11. The fourth-order valence-corrected chi connectivity index (χ4v) is 13.4. The first-order chi connectivity index (χ1) is 28.9. The third kappa shape index (κ3) is 6.90. The smallest absolute Gasteiger partial charge is 0.264 e. The van der Waals surface area contributed by atoms with Gasteiger partial charge in [-0.15, -0.1) is 5.10 Å². The lowest BCUT2D eigenvalue weighted by atomic mass is 9.82. The van der Waals surface area contributed by atoms with Gasteiger partial charge >= 0.3 is 0 Å². The monoisotopic (exact) mass is 891 g/mol. The molecule has 0 saturated carbocycles. The first-order valence-corrected chi connectivity index (χ1v) is 24.7. The molecule has 312 valence electrons.